The van der Waals surface area contributed by atoms with Gasteiger partial charge < -0.3 is 18.9 Å². The van der Waals surface area contributed by atoms with Crippen molar-refractivity contribution in [2.45, 2.75) is 200 Å². The molecule has 0 aliphatic carbocycles. The number of rotatable bonds is 40. The number of quaternary nitrogens is 1. The Bertz CT molecular complexity index is 980. The molecule has 0 rings (SSSR count). The van der Waals surface area contributed by atoms with Gasteiger partial charge in [0.1, 0.15) is 19.8 Å². The van der Waals surface area contributed by atoms with Crippen molar-refractivity contribution in [3.05, 3.63) is 24.3 Å². The van der Waals surface area contributed by atoms with Crippen molar-refractivity contribution < 1.29 is 42.1 Å². The van der Waals surface area contributed by atoms with Crippen molar-refractivity contribution in [1.82, 2.24) is 0 Å². The van der Waals surface area contributed by atoms with Crippen LogP contribution in [0.15, 0.2) is 24.3 Å². The highest BCUT2D eigenvalue weighted by Gasteiger charge is 2.27. The molecule has 2 unspecified atom stereocenters. The lowest BCUT2D eigenvalue weighted by molar-refractivity contribution is -0.870. The highest BCUT2D eigenvalue weighted by Crippen LogP contribution is 2.43. The number of hydrogen-bond donors (Lipinski definition) is 1. The molecule has 1 N–H and O–H groups in total. The lowest BCUT2D eigenvalue weighted by atomic mass is 10.1. The van der Waals surface area contributed by atoms with E-state index in [4.69, 9.17) is 18.5 Å². The molecule has 0 spiro atoms. The first-order valence-electron chi connectivity index (χ1n) is 22.1. The van der Waals surface area contributed by atoms with Crippen LogP contribution in [-0.4, -0.2) is 74.9 Å². The van der Waals surface area contributed by atoms with Crippen LogP contribution in [0.3, 0.4) is 0 Å². The van der Waals surface area contributed by atoms with E-state index in [1.165, 1.54) is 116 Å². The number of allylic oxidation sites excluding steroid dienone is 4. The zero-order valence-electron chi connectivity index (χ0n) is 35.7. The first kappa shape index (κ1) is 52.5. The highest BCUT2D eigenvalue weighted by atomic mass is 31.2. The van der Waals surface area contributed by atoms with Gasteiger partial charge in [0.15, 0.2) is 6.10 Å². The van der Waals surface area contributed by atoms with Crippen LogP contribution in [0.4, 0.5) is 0 Å². The molecule has 0 saturated carbocycles. The minimum absolute atomic E-state index is 0.0266. The van der Waals surface area contributed by atoms with Gasteiger partial charge in [-0.05, 0) is 64.2 Å². The number of carbonyl (C=O) groups excluding carboxylic acids is 2. The molecule has 9 nitrogen and oxygen atoms in total. The fourth-order valence-corrected chi connectivity index (χ4v) is 6.69. The number of carbonyl (C=O) groups is 2. The van der Waals surface area contributed by atoms with Crippen LogP contribution in [0.5, 0.6) is 0 Å². The standard InChI is InChI=1S/C44H84NO8P/c1-6-8-10-12-14-16-18-20-22-24-26-28-30-32-34-36-43(46)50-40-42(41-52-54(48,49)51-39-38-45(3,4)5)53-44(47)37-35-33-31-29-27-25-23-21-19-17-15-13-11-9-7-2/h26-29,42H,6-25,30-41H2,1-5H3/p+1. The Morgan fingerprint density at radius 1 is 0.556 bits per heavy atom. The summed E-state index contributed by atoms with van der Waals surface area (Å²) in [6.45, 7) is 4.38. The van der Waals surface area contributed by atoms with Gasteiger partial charge in [0.25, 0.3) is 0 Å². The minimum atomic E-state index is -4.38. The van der Waals surface area contributed by atoms with E-state index in [1.807, 2.05) is 21.1 Å². The molecular formula is C44H85NO8P+. The maximum atomic E-state index is 12.7. The molecular weight excluding hydrogens is 701 g/mol. The van der Waals surface area contributed by atoms with Crippen LogP contribution in [0.1, 0.15) is 194 Å². The van der Waals surface area contributed by atoms with Gasteiger partial charge in [0, 0.05) is 12.8 Å². The lowest BCUT2D eigenvalue weighted by Gasteiger charge is -2.24. The Balaban J connectivity index is 4.41. The summed E-state index contributed by atoms with van der Waals surface area (Å²) in [4.78, 5) is 35.3. The molecule has 54 heavy (non-hydrogen) atoms. The van der Waals surface area contributed by atoms with Gasteiger partial charge in [-0.15, -0.1) is 0 Å². The predicted molar refractivity (Wildman–Crippen MR) is 224 cm³/mol. The number of ether oxygens (including phenoxy) is 2. The molecule has 2 atom stereocenters. The van der Waals surface area contributed by atoms with Gasteiger partial charge >= 0.3 is 19.8 Å². The van der Waals surface area contributed by atoms with E-state index in [0.29, 0.717) is 23.9 Å². The van der Waals surface area contributed by atoms with E-state index >= 15 is 0 Å². The zero-order valence-corrected chi connectivity index (χ0v) is 36.6. The van der Waals surface area contributed by atoms with E-state index in [2.05, 4.69) is 38.2 Å². The summed E-state index contributed by atoms with van der Waals surface area (Å²) in [6.07, 6.45) is 39.4. The molecule has 0 saturated heterocycles. The molecule has 0 aromatic carbocycles. The maximum Gasteiger partial charge on any atom is 0.472 e. The predicted octanol–water partition coefficient (Wildman–Crippen LogP) is 12.4. The molecule has 0 fully saturated rings. The molecule has 0 radical (unpaired) electrons. The SMILES string of the molecule is CCCCCCCCCCCC=CCCCCC(=O)OCC(COP(=O)(O)OCC[N+](C)(C)C)OC(=O)CCCCC=CCCCCCCCCCCC. The molecule has 0 heterocycles. The number of phosphoric acid groups is 1. The van der Waals surface area contributed by atoms with Crippen molar-refractivity contribution in [3.8, 4) is 0 Å². The van der Waals surface area contributed by atoms with E-state index < -0.39 is 32.5 Å². The van der Waals surface area contributed by atoms with Gasteiger partial charge in [0.2, 0.25) is 0 Å². The second-order valence-corrected chi connectivity index (χ2v) is 17.5. The van der Waals surface area contributed by atoms with Crippen molar-refractivity contribution in [2.75, 3.05) is 47.5 Å². The number of phosphoric ester groups is 1. The van der Waals surface area contributed by atoms with Crippen molar-refractivity contribution in [2.24, 2.45) is 0 Å². The smallest absolute Gasteiger partial charge is 0.462 e. The molecule has 0 aromatic heterocycles. The van der Waals surface area contributed by atoms with Gasteiger partial charge in [-0.25, -0.2) is 4.57 Å². The summed E-state index contributed by atoms with van der Waals surface area (Å²) in [5.41, 5.74) is 0. The topological polar surface area (TPSA) is 108 Å². The Morgan fingerprint density at radius 3 is 1.37 bits per heavy atom. The van der Waals surface area contributed by atoms with Crippen LogP contribution in [0.2, 0.25) is 0 Å². The number of likely N-dealkylation sites (N-methyl/N-ethyl adjacent to an activating group) is 1. The fraction of sp³-hybridized carbons (Fsp3) is 0.864. The number of unbranched alkanes of at least 4 members (excludes halogenated alkanes) is 22. The third-order valence-corrected chi connectivity index (χ3v) is 10.4. The number of esters is 2. The van der Waals surface area contributed by atoms with E-state index in [1.54, 1.807) is 0 Å². The van der Waals surface area contributed by atoms with Crippen LogP contribution in [0, 0.1) is 0 Å². The quantitative estimate of drug-likeness (QED) is 0.0215. The first-order valence-corrected chi connectivity index (χ1v) is 23.6. The highest BCUT2D eigenvalue weighted by molar-refractivity contribution is 7.47. The molecule has 0 aromatic rings. The third-order valence-electron chi connectivity index (χ3n) is 9.45. The van der Waals surface area contributed by atoms with Crippen molar-refractivity contribution in [3.63, 3.8) is 0 Å². The van der Waals surface area contributed by atoms with E-state index in [9.17, 15) is 19.0 Å². The Morgan fingerprint density at radius 2 is 0.944 bits per heavy atom. The Hall–Kier alpha value is -1.51. The summed E-state index contributed by atoms with van der Waals surface area (Å²) in [7, 11) is 1.46. The summed E-state index contributed by atoms with van der Waals surface area (Å²) in [5.74, 6) is -0.846. The molecule has 0 aliphatic rings. The number of hydrogen-bond acceptors (Lipinski definition) is 7. The van der Waals surface area contributed by atoms with Gasteiger partial charge in [-0.2, -0.15) is 0 Å². The zero-order chi connectivity index (χ0) is 40.0. The average molecular weight is 787 g/mol. The van der Waals surface area contributed by atoms with Crippen molar-refractivity contribution >= 4 is 19.8 Å². The summed E-state index contributed by atoms with van der Waals surface area (Å²) in [6, 6.07) is 0. The maximum absolute atomic E-state index is 12.7. The molecule has 0 bridgehead atoms. The van der Waals surface area contributed by atoms with Crippen LogP contribution in [0.25, 0.3) is 0 Å². The second-order valence-electron chi connectivity index (χ2n) is 16.1. The Labute approximate surface area is 332 Å². The van der Waals surface area contributed by atoms with Gasteiger partial charge in [-0.1, -0.05) is 141 Å². The van der Waals surface area contributed by atoms with Crippen LogP contribution >= 0.6 is 7.82 Å². The summed E-state index contributed by atoms with van der Waals surface area (Å²) < 4.78 is 34.2. The fourth-order valence-electron chi connectivity index (χ4n) is 5.94. The summed E-state index contributed by atoms with van der Waals surface area (Å²) >= 11 is 0. The van der Waals surface area contributed by atoms with Crippen molar-refractivity contribution in [1.29, 1.82) is 0 Å². The van der Waals surface area contributed by atoms with E-state index in [-0.39, 0.29) is 26.1 Å². The Kier molecular flexibility index (Phi) is 36.1. The minimum Gasteiger partial charge on any atom is -0.462 e. The third kappa shape index (κ3) is 40.2. The first-order chi connectivity index (χ1) is 26.0. The van der Waals surface area contributed by atoms with Gasteiger partial charge in [-0.3, -0.25) is 18.6 Å². The van der Waals surface area contributed by atoms with Crippen LogP contribution < -0.4 is 0 Å². The molecule has 0 amide bonds. The molecule has 10 heteroatoms. The number of nitrogens with zero attached hydrogens (tertiary/aromatic N) is 1. The van der Waals surface area contributed by atoms with Crippen LogP contribution in [-0.2, 0) is 32.7 Å². The monoisotopic (exact) mass is 787 g/mol. The summed E-state index contributed by atoms with van der Waals surface area (Å²) in [5, 5.41) is 0. The van der Waals surface area contributed by atoms with E-state index in [0.717, 1.165) is 38.5 Å². The molecule has 0 aliphatic heterocycles. The lowest BCUT2D eigenvalue weighted by Crippen LogP contribution is -2.37. The second kappa shape index (κ2) is 37.1. The normalized spacial score (nSPS) is 13.8. The van der Waals surface area contributed by atoms with Gasteiger partial charge in [0.05, 0.1) is 27.7 Å². The largest absolute Gasteiger partial charge is 0.472 e. The average Bonchev–Trinajstić information content (AvgIpc) is 3.12. The molecule has 318 valence electrons.